The summed E-state index contributed by atoms with van der Waals surface area (Å²) in [6, 6.07) is 6.26. The number of hydrogen-bond donors (Lipinski definition) is 2. The second kappa shape index (κ2) is 7.86. The highest BCUT2D eigenvalue weighted by atomic mass is 19.4. The fraction of sp³-hybridized carbons (Fsp3) is 0.421. The Kier molecular flexibility index (Phi) is 5.65. The van der Waals surface area contributed by atoms with Crippen LogP contribution in [0, 0.1) is 0 Å². The number of carbonyl (C=O) groups is 2. The van der Waals surface area contributed by atoms with Crippen molar-refractivity contribution in [3.63, 3.8) is 0 Å². The molecule has 0 spiro atoms. The molecule has 7 nitrogen and oxygen atoms in total. The van der Waals surface area contributed by atoms with Crippen LogP contribution in [0.4, 0.5) is 18.9 Å². The second-order valence-corrected chi connectivity index (χ2v) is 6.92. The minimum Gasteiger partial charge on any atom is -0.374 e. The first kappa shape index (κ1) is 20.8. The number of rotatable bonds is 6. The van der Waals surface area contributed by atoms with Crippen LogP contribution in [0.15, 0.2) is 36.7 Å². The molecule has 3 rings (SSSR count). The van der Waals surface area contributed by atoms with Crippen LogP contribution >= 0.6 is 0 Å². The van der Waals surface area contributed by atoms with Crippen LogP contribution in [0.1, 0.15) is 35.4 Å². The quantitative estimate of drug-likeness (QED) is 0.764. The van der Waals surface area contributed by atoms with Crippen molar-refractivity contribution in [2.24, 2.45) is 7.05 Å². The summed E-state index contributed by atoms with van der Waals surface area (Å²) < 4.78 is 41.5. The van der Waals surface area contributed by atoms with Gasteiger partial charge in [0.1, 0.15) is 5.82 Å². The van der Waals surface area contributed by atoms with Crippen molar-refractivity contribution in [2.75, 3.05) is 18.0 Å². The third kappa shape index (κ3) is 4.12. The molecule has 2 aromatic rings. The molecule has 2 amide bonds. The Morgan fingerprint density at radius 1 is 1.28 bits per heavy atom. The molecule has 1 saturated heterocycles. The summed E-state index contributed by atoms with van der Waals surface area (Å²) in [5.74, 6) is -1.10. The van der Waals surface area contributed by atoms with Gasteiger partial charge in [-0.3, -0.25) is 9.59 Å². The molecule has 1 aromatic heterocycles. The van der Waals surface area contributed by atoms with Crippen LogP contribution in [-0.4, -0.2) is 45.7 Å². The van der Waals surface area contributed by atoms with E-state index in [1.165, 1.54) is 25.4 Å². The van der Waals surface area contributed by atoms with Gasteiger partial charge in [0, 0.05) is 56.6 Å². The summed E-state index contributed by atoms with van der Waals surface area (Å²) in [6.45, 7) is 0.210. The number of amides is 2. The van der Waals surface area contributed by atoms with Gasteiger partial charge in [0.2, 0.25) is 11.5 Å². The van der Waals surface area contributed by atoms with Crippen LogP contribution in [0.3, 0.4) is 0 Å². The number of benzene rings is 1. The van der Waals surface area contributed by atoms with E-state index in [0.29, 0.717) is 18.7 Å². The molecule has 1 fully saturated rings. The largest absolute Gasteiger partial charge is 0.424 e. The number of carbonyl (C=O) groups excluding carboxylic acids is 2. The van der Waals surface area contributed by atoms with Crippen LogP contribution in [-0.2, 0) is 17.4 Å². The lowest BCUT2D eigenvalue weighted by molar-refractivity contribution is -0.272. The van der Waals surface area contributed by atoms with E-state index in [4.69, 9.17) is 0 Å². The van der Waals surface area contributed by atoms with Gasteiger partial charge in [0.05, 0.1) is 0 Å². The zero-order valence-corrected chi connectivity index (χ0v) is 15.7. The zero-order chi connectivity index (χ0) is 21.2. The van der Waals surface area contributed by atoms with Crippen molar-refractivity contribution in [1.82, 2.24) is 14.9 Å². The zero-order valence-electron chi connectivity index (χ0n) is 15.7. The number of anilines is 1. The molecule has 1 atom stereocenters. The summed E-state index contributed by atoms with van der Waals surface area (Å²) in [5.41, 5.74) is -2.27. The van der Waals surface area contributed by atoms with E-state index in [1.807, 2.05) is 0 Å². The first-order chi connectivity index (χ1) is 13.6. The average molecular weight is 410 g/mol. The lowest BCUT2D eigenvalue weighted by Gasteiger charge is -2.30. The maximum Gasteiger partial charge on any atom is 0.424 e. The summed E-state index contributed by atoms with van der Waals surface area (Å²) in [4.78, 5) is 29.2. The fourth-order valence-electron chi connectivity index (χ4n) is 3.32. The third-order valence-corrected chi connectivity index (χ3v) is 4.95. The Balaban J connectivity index is 1.64. The van der Waals surface area contributed by atoms with E-state index >= 15 is 0 Å². The van der Waals surface area contributed by atoms with Gasteiger partial charge >= 0.3 is 6.18 Å². The Labute approximate surface area is 165 Å². The number of halogens is 3. The van der Waals surface area contributed by atoms with Crippen LogP contribution in [0.25, 0.3) is 0 Å². The highest BCUT2D eigenvalue weighted by molar-refractivity contribution is 5.97. The van der Waals surface area contributed by atoms with Crippen molar-refractivity contribution in [1.29, 1.82) is 0 Å². The predicted octanol–water partition coefficient (Wildman–Crippen LogP) is 2.12. The normalized spacial score (nSPS) is 16.7. The molecule has 1 aliphatic rings. The first-order valence-corrected chi connectivity index (χ1v) is 9.09. The van der Waals surface area contributed by atoms with E-state index in [2.05, 4.69) is 10.3 Å². The molecule has 0 bridgehead atoms. The van der Waals surface area contributed by atoms with E-state index in [1.54, 1.807) is 17.0 Å². The highest BCUT2D eigenvalue weighted by Crippen LogP contribution is 2.40. The molecule has 1 unspecified atom stereocenters. The minimum absolute atomic E-state index is 0.0166. The second-order valence-electron chi connectivity index (χ2n) is 6.92. The van der Waals surface area contributed by atoms with Crippen molar-refractivity contribution in [2.45, 2.75) is 31.0 Å². The predicted molar refractivity (Wildman–Crippen MR) is 98.1 cm³/mol. The number of aryl methyl sites for hydroxylation is 1. The maximum atomic E-state index is 13.5. The molecule has 2 heterocycles. The van der Waals surface area contributed by atoms with E-state index < -0.39 is 36.5 Å². The molecule has 0 radical (unpaired) electrons. The first-order valence-electron chi connectivity index (χ1n) is 9.09. The lowest BCUT2D eigenvalue weighted by atomic mass is 9.97. The number of aliphatic hydroxyl groups is 1. The topological polar surface area (TPSA) is 87.5 Å². The van der Waals surface area contributed by atoms with Crippen LogP contribution in [0.5, 0.6) is 0 Å². The number of alkyl halides is 3. The molecule has 0 aliphatic carbocycles. The van der Waals surface area contributed by atoms with Gasteiger partial charge in [0.25, 0.3) is 5.91 Å². The Hall–Kier alpha value is -2.88. The fourth-order valence-corrected chi connectivity index (χ4v) is 3.32. The van der Waals surface area contributed by atoms with Gasteiger partial charge < -0.3 is 19.9 Å². The summed E-state index contributed by atoms with van der Waals surface area (Å²) in [7, 11) is 1.35. The molecule has 0 saturated carbocycles. The Morgan fingerprint density at radius 3 is 2.48 bits per heavy atom. The van der Waals surface area contributed by atoms with E-state index in [9.17, 15) is 27.9 Å². The van der Waals surface area contributed by atoms with Crippen LogP contribution < -0.4 is 10.2 Å². The van der Waals surface area contributed by atoms with Gasteiger partial charge in [-0.15, -0.1) is 0 Å². The number of imidazole rings is 1. The van der Waals surface area contributed by atoms with Crippen molar-refractivity contribution in [3.8, 4) is 0 Å². The molecule has 29 heavy (non-hydrogen) atoms. The Bertz CT molecular complexity index is 895. The monoisotopic (exact) mass is 410 g/mol. The third-order valence-electron chi connectivity index (χ3n) is 4.95. The number of hydrogen-bond acceptors (Lipinski definition) is 4. The van der Waals surface area contributed by atoms with Crippen LogP contribution in [0.2, 0.25) is 0 Å². The average Bonchev–Trinajstić information content (AvgIpc) is 3.29. The Morgan fingerprint density at radius 2 is 1.97 bits per heavy atom. The standard InChI is InChI=1S/C19H21F3N4O3/c1-25-12-10-24-17(25)18(29,19(20,21)22)8-9-23-16(28)13-4-6-14(7-5-13)26-11-2-3-15(26)27/h4-7,10,12,29H,2-3,8-9,11H2,1H3,(H,23,28). The molecule has 2 N–H and O–H groups in total. The summed E-state index contributed by atoms with van der Waals surface area (Å²) in [6.07, 6.45) is -2.01. The van der Waals surface area contributed by atoms with Gasteiger partial charge in [0.15, 0.2) is 0 Å². The van der Waals surface area contributed by atoms with Crippen molar-refractivity contribution >= 4 is 17.5 Å². The SMILES string of the molecule is Cn1ccnc1C(O)(CCNC(=O)c1ccc(N2CCCC2=O)cc1)C(F)(F)F. The molecule has 1 aliphatic heterocycles. The van der Waals surface area contributed by atoms with Gasteiger partial charge in [-0.2, -0.15) is 13.2 Å². The van der Waals surface area contributed by atoms with Crippen molar-refractivity contribution < 1.29 is 27.9 Å². The number of nitrogens with one attached hydrogen (secondary N) is 1. The molecule has 10 heteroatoms. The number of nitrogens with zero attached hydrogens (tertiary/aromatic N) is 3. The minimum atomic E-state index is -4.96. The highest BCUT2D eigenvalue weighted by Gasteiger charge is 2.57. The summed E-state index contributed by atoms with van der Waals surface area (Å²) >= 11 is 0. The summed E-state index contributed by atoms with van der Waals surface area (Å²) in [5, 5.41) is 12.6. The van der Waals surface area contributed by atoms with Gasteiger partial charge in [-0.1, -0.05) is 0 Å². The maximum absolute atomic E-state index is 13.5. The molecular formula is C19H21F3N4O3. The number of aromatic nitrogens is 2. The smallest absolute Gasteiger partial charge is 0.374 e. The van der Waals surface area contributed by atoms with Gasteiger partial charge in [-0.05, 0) is 30.7 Å². The van der Waals surface area contributed by atoms with E-state index in [0.717, 1.165) is 17.2 Å². The van der Waals surface area contributed by atoms with Crippen molar-refractivity contribution in [3.05, 3.63) is 48.0 Å². The lowest BCUT2D eigenvalue weighted by Crippen LogP contribution is -2.46. The molecule has 156 valence electrons. The molecule has 1 aromatic carbocycles. The van der Waals surface area contributed by atoms with Gasteiger partial charge in [-0.25, -0.2) is 4.98 Å². The molecular weight excluding hydrogens is 389 g/mol. The van der Waals surface area contributed by atoms with E-state index in [-0.39, 0.29) is 11.5 Å².